The molecule has 2 aromatic rings. The molecular weight excluding hydrogens is 299 g/mol. The lowest BCUT2D eigenvalue weighted by Gasteiger charge is -2.09. The Hall–Kier alpha value is -1.52. The topological polar surface area (TPSA) is 55.2 Å². The van der Waals surface area contributed by atoms with E-state index in [-0.39, 0.29) is 5.75 Å². The summed E-state index contributed by atoms with van der Waals surface area (Å²) >= 11 is 12.3. The first-order valence-corrected chi connectivity index (χ1v) is 6.91. The number of hydrogen-bond acceptors (Lipinski definition) is 4. The van der Waals surface area contributed by atoms with E-state index in [1.54, 1.807) is 12.1 Å². The predicted octanol–water partition coefficient (Wildman–Crippen LogP) is 4.12. The average molecular weight is 313 g/mol. The van der Waals surface area contributed by atoms with Crippen molar-refractivity contribution in [2.75, 3.05) is 7.11 Å². The molecule has 2 rings (SSSR count). The molecule has 1 aromatic heterocycles. The van der Waals surface area contributed by atoms with E-state index in [0.29, 0.717) is 27.4 Å². The van der Waals surface area contributed by atoms with E-state index in [9.17, 15) is 5.11 Å². The van der Waals surface area contributed by atoms with Crippen molar-refractivity contribution >= 4 is 23.2 Å². The highest BCUT2D eigenvalue weighted by Crippen LogP contribution is 2.32. The molecular formula is C14H14Cl2N2O2. The predicted molar refractivity (Wildman–Crippen MR) is 79.7 cm³/mol. The van der Waals surface area contributed by atoms with Gasteiger partial charge in [-0.3, -0.25) is 0 Å². The van der Waals surface area contributed by atoms with Crippen LogP contribution in [0.4, 0.5) is 0 Å². The first-order chi connectivity index (χ1) is 9.56. The molecule has 0 unspecified atom stereocenters. The Labute approximate surface area is 127 Å². The highest BCUT2D eigenvalue weighted by molar-refractivity contribution is 6.34. The van der Waals surface area contributed by atoms with Crippen molar-refractivity contribution in [2.24, 2.45) is 0 Å². The number of methoxy groups -OCH3 is 1. The number of hydrogen-bond donors (Lipinski definition) is 1. The van der Waals surface area contributed by atoms with E-state index in [4.69, 9.17) is 27.9 Å². The van der Waals surface area contributed by atoms with Crippen molar-refractivity contribution in [1.82, 2.24) is 9.97 Å². The van der Waals surface area contributed by atoms with Crippen LogP contribution in [0.5, 0.6) is 11.5 Å². The van der Waals surface area contributed by atoms with Gasteiger partial charge in [0.25, 0.3) is 0 Å². The minimum atomic E-state index is 0.0125. The number of phenolic OH excluding ortho intramolecular Hbond substituents is 1. The van der Waals surface area contributed by atoms with Crippen molar-refractivity contribution < 1.29 is 9.84 Å². The van der Waals surface area contributed by atoms with Gasteiger partial charge < -0.3 is 9.84 Å². The number of aromatic hydroxyl groups is 1. The summed E-state index contributed by atoms with van der Waals surface area (Å²) in [7, 11) is 1.48. The molecule has 0 aliphatic carbocycles. The van der Waals surface area contributed by atoms with Gasteiger partial charge in [0.1, 0.15) is 10.3 Å². The monoisotopic (exact) mass is 312 g/mol. The summed E-state index contributed by atoms with van der Waals surface area (Å²) < 4.78 is 4.99. The van der Waals surface area contributed by atoms with E-state index in [1.807, 2.05) is 6.92 Å². The average Bonchev–Trinajstić information content (AvgIpc) is 2.42. The van der Waals surface area contributed by atoms with Gasteiger partial charge in [0, 0.05) is 11.1 Å². The Kier molecular flexibility index (Phi) is 4.68. The molecule has 0 saturated heterocycles. The lowest BCUT2D eigenvalue weighted by molar-refractivity contribution is 0.373. The second-order valence-electron chi connectivity index (χ2n) is 4.24. The molecule has 0 saturated carbocycles. The van der Waals surface area contributed by atoms with Gasteiger partial charge in [0.05, 0.1) is 7.11 Å². The van der Waals surface area contributed by atoms with Crippen LogP contribution in [-0.2, 0) is 6.42 Å². The van der Waals surface area contributed by atoms with Crippen LogP contribution in [0.3, 0.4) is 0 Å². The Morgan fingerprint density at radius 1 is 1.20 bits per heavy atom. The van der Waals surface area contributed by atoms with Gasteiger partial charge in [-0.25, -0.2) is 9.97 Å². The zero-order valence-electron chi connectivity index (χ0n) is 11.2. The summed E-state index contributed by atoms with van der Waals surface area (Å²) in [6.07, 6.45) is 1.64. The molecule has 1 aromatic carbocycles. The van der Waals surface area contributed by atoms with Gasteiger partial charge in [-0.15, -0.1) is 0 Å². The first kappa shape index (κ1) is 14.9. The van der Waals surface area contributed by atoms with Gasteiger partial charge in [0.15, 0.2) is 17.3 Å². The molecule has 0 aliphatic heterocycles. The zero-order valence-corrected chi connectivity index (χ0v) is 12.7. The molecule has 0 radical (unpaired) electrons. The minimum absolute atomic E-state index is 0.0125. The van der Waals surface area contributed by atoms with Crippen LogP contribution in [-0.4, -0.2) is 22.2 Å². The van der Waals surface area contributed by atoms with Crippen LogP contribution in [0.15, 0.2) is 18.2 Å². The number of rotatable bonds is 4. The standard InChI is InChI=1S/C14H14Cl2N2O2/c1-3-4-9-12(15)17-14(18-13(9)16)8-5-6-11(20-2)10(19)7-8/h5-7,19H,3-4H2,1-2H3. The van der Waals surface area contributed by atoms with E-state index in [1.165, 1.54) is 13.2 Å². The van der Waals surface area contributed by atoms with Crippen molar-refractivity contribution in [3.63, 3.8) is 0 Å². The van der Waals surface area contributed by atoms with Gasteiger partial charge in [0.2, 0.25) is 0 Å². The first-order valence-electron chi connectivity index (χ1n) is 6.16. The number of nitrogens with zero attached hydrogens (tertiary/aromatic N) is 2. The number of ether oxygens (including phenoxy) is 1. The van der Waals surface area contributed by atoms with Crippen molar-refractivity contribution in [3.05, 3.63) is 34.1 Å². The molecule has 0 fully saturated rings. The van der Waals surface area contributed by atoms with E-state index >= 15 is 0 Å². The van der Waals surface area contributed by atoms with Crippen LogP contribution in [0, 0.1) is 0 Å². The molecule has 1 heterocycles. The summed E-state index contributed by atoms with van der Waals surface area (Å²) in [5, 5.41) is 10.5. The minimum Gasteiger partial charge on any atom is -0.504 e. The van der Waals surface area contributed by atoms with Crippen molar-refractivity contribution in [2.45, 2.75) is 19.8 Å². The maximum atomic E-state index is 9.78. The SMILES string of the molecule is CCCc1c(Cl)nc(-c2ccc(OC)c(O)c2)nc1Cl. The smallest absolute Gasteiger partial charge is 0.162 e. The van der Waals surface area contributed by atoms with Gasteiger partial charge in [-0.1, -0.05) is 36.5 Å². The Bertz CT molecular complexity index is 610. The maximum Gasteiger partial charge on any atom is 0.162 e. The highest BCUT2D eigenvalue weighted by atomic mass is 35.5. The molecule has 6 heteroatoms. The summed E-state index contributed by atoms with van der Waals surface area (Å²) in [5.74, 6) is 0.768. The summed E-state index contributed by atoms with van der Waals surface area (Å²) in [6, 6.07) is 4.89. The molecule has 1 N–H and O–H groups in total. The van der Waals surface area contributed by atoms with Crippen LogP contribution in [0.1, 0.15) is 18.9 Å². The van der Waals surface area contributed by atoms with E-state index in [0.717, 1.165) is 18.4 Å². The third-order valence-corrected chi connectivity index (χ3v) is 3.47. The normalized spacial score (nSPS) is 10.6. The molecule has 0 bridgehead atoms. The molecule has 20 heavy (non-hydrogen) atoms. The fourth-order valence-corrected chi connectivity index (χ4v) is 2.42. The number of benzene rings is 1. The van der Waals surface area contributed by atoms with Crippen molar-refractivity contribution in [3.8, 4) is 22.9 Å². The third-order valence-electron chi connectivity index (χ3n) is 2.84. The summed E-state index contributed by atoms with van der Waals surface area (Å²) in [5.41, 5.74) is 1.37. The summed E-state index contributed by atoms with van der Waals surface area (Å²) in [6.45, 7) is 2.03. The number of aromatic nitrogens is 2. The highest BCUT2D eigenvalue weighted by Gasteiger charge is 2.13. The van der Waals surface area contributed by atoms with E-state index in [2.05, 4.69) is 9.97 Å². The molecule has 0 atom stereocenters. The van der Waals surface area contributed by atoms with Crippen LogP contribution < -0.4 is 4.74 Å². The fraction of sp³-hybridized carbons (Fsp3) is 0.286. The van der Waals surface area contributed by atoms with Gasteiger partial charge >= 0.3 is 0 Å². The van der Waals surface area contributed by atoms with Crippen LogP contribution >= 0.6 is 23.2 Å². The number of halogens is 2. The summed E-state index contributed by atoms with van der Waals surface area (Å²) in [4.78, 5) is 8.47. The molecule has 106 valence electrons. The van der Waals surface area contributed by atoms with Gasteiger partial charge in [-0.05, 0) is 24.6 Å². The van der Waals surface area contributed by atoms with Crippen LogP contribution in [0.2, 0.25) is 10.3 Å². The fourth-order valence-electron chi connectivity index (χ4n) is 1.85. The largest absolute Gasteiger partial charge is 0.504 e. The Morgan fingerprint density at radius 3 is 2.35 bits per heavy atom. The molecule has 0 amide bonds. The maximum absolute atomic E-state index is 9.78. The molecule has 0 aliphatic rings. The second-order valence-corrected chi connectivity index (χ2v) is 4.96. The van der Waals surface area contributed by atoms with Crippen LogP contribution in [0.25, 0.3) is 11.4 Å². The lowest BCUT2D eigenvalue weighted by Crippen LogP contribution is -1.97. The van der Waals surface area contributed by atoms with Crippen molar-refractivity contribution in [1.29, 1.82) is 0 Å². The third kappa shape index (κ3) is 2.97. The quantitative estimate of drug-likeness (QED) is 0.863. The molecule has 4 nitrogen and oxygen atoms in total. The Balaban J connectivity index is 2.46. The van der Waals surface area contributed by atoms with E-state index < -0.39 is 0 Å². The Morgan fingerprint density at radius 2 is 1.85 bits per heavy atom. The number of phenols is 1. The second kappa shape index (κ2) is 6.29. The van der Waals surface area contributed by atoms with Gasteiger partial charge in [-0.2, -0.15) is 0 Å². The molecule has 0 spiro atoms. The lowest BCUT2D eigenvalue weighted by atomic mass is 10.1. The zero-order chi connectivity index (χ0) is 14.7.